The van der Waals surface area contributed by atoms with Crippen LogP contribution in [0.15, 0.2) is 36.4 Å². The van der Waals surface area contributed by atoms with E-state index in [-0.39, 0.29) is 0 Å². The van der Waals surface area contributed by atoms with Crippen molar-refractivity contribution in [2.75, 3.05) is 22.9 Å². The third-order valence-electron chi connectivity index (χ3n) is 2.76. The Bertz CT molecular complexity index is 549. The maximum Gasteiger partial charge on any atom is 0.0604 e. The molecule has 0 heterocycles. The van der Waals surface area contributed by atoms with Crippen LogP contribution in [-0.2, 0) is 6.42 Å². The summed E-state index contributed by atoms with van der Waals surface area (Å²) >= 11 is 0. The second kappa shape index (κ2) is 4.25. The van der Waals surface area contributed by atoms with Gasteiger partial charge in [-0.1, -0.05) is 12.1 Å². The van der Waals surface area contributed by atoms with Crippen LogP contribution in [0.4, 0.5) is 22.7 Å². The van der Waals surface area contributed by atoms with Crippen molar-refractivity contribution < 1.29 is 0 Å². The lowest BCUT2D eigenvalue weighted by molar-refractivity contribution is 1.20. The second-order valence-electron chi connectivity index (χ2n) is 4.06. The van der Waals surface area contributed by atoms with Crippen molar-refractivity contribution in [2.45, 2.75) is 6.42 Å². The quantitative estimate of drug-likeness (QED) is 0.586. The molecule has 2 rings (SSSR count). The molecular formula is C13H16N4. The molecule has 0 amide bonds. The average molecular weight is 228 g/mol. The lowest BCUT2D eigenvalue weighted by Crippen LogP contribution is -2.04. The molecule has 2 aromatic carbocycles. The lowest BCUT2D eigenvalue weighted by atomic mass is 10.0. The zero-order valence-corrected chi connectivity index (χ0v) is 9.48. The molecule has 0 unspecified atom stereocenters. The van der Waals surface area contributed by atoms with Crippen molar-refractivity contribution >= 4 is 22.7 Å². The van der Waals surface area contributed by atoms with Crippen molar-refractivity contribution in [1.82, 2.24) is 0 Å². The highest BCUT2D eigenvalue weighted by Gasteiger charge is 2.08. The van der Waals surface area contributed by atoms with E-state index in [1.807, 2.05) is 24.3 Å². The highest BCUT2D eigenvalue weighted by Crippen LogP contribution is 2.28. The molecule has 0 saturated carbocycles. The fourth-order valence-corrected chi connectivity index (χ4v) is 1.80. The number of hydrogen-bond acceptors (Lipinski definition) is 4. The molecule has 4 heteroatoms. The molecule has 0 fully saturated rings. The highest BCUT2D eigenvalue weighted by atomic mass is 14.7. The Balaban J connectivity index is 2.39. The van der Waals surface area contributed by atoms with Crippen LogP contribution in [0.3, 0.4) is 0 Å². The molecule has 8 N–H and O–H groups in total. The highest BCUT2D eigenvalue weighted by molar-refractivity contribution is 5.75. The van der Waals surface area contributed by atoms with E-state index in [0.29, 0.717) is 23.5 Å². The van der Waals surface area contributed by atoms with Gasteiger partial charge in [0.2, 0.25) is 0 Å². The van der Waals surface area contributed by atoms with Gasteiger partial charge in [0.25, 0.3) is 0 Å². The molecule has 0 aromatic heterocycles. The van der Waals surface area contributed by atoms with Crippen LogP contribution in [0.2, 0.25) is 0 Å². The molecule has 0 spiro atoms. The van der Waals surface area contributed by atoms with Crippen LogP contribution in [-0.4, -0.2) is 0 Å². The van der Waals surface area contributed by atoms with E-state index in [1.165, 1.54) is 0 Å². The summed E-state index contributed by atoms with van der Waals surface area (Å²) in [5, 5.41) is 0. The summed E-state index contributed by atoms with van der Waals surface area (Å²) < 4.78 is 0. The van der Waals surface area contributed by atoms with Gasteiger partial charge in [-0.05, 0) is 29.8 Å². The zero-order valence-electron chi connectivity index (χ0n) is 9.48. The largest absolute Gasteiger partial charge is 0.399 e. The number of rotatable bonds is 2. The van der Waals surface area contributed by atoms with E-state index in [9.17, 15) is 0 Å². The van der Waals surface area contributed by atoms with Crippen LogP contribution in [0.25, 0.3) is 0 Å². The minimum atomic E-state index is 0.549. The first kappa shape index (κ1) is 11.1. The standard InChI is InChI=1S/C13H16N4/c14-9-3-1-2-8(6-9)7-10-11(15)4-5-12(16)13(10)17/h1-6H,7,14-17H2. The van der Waals surface area contributed by atoms with Gasteiger partial charge in [-0.25, -0.2) is 0 Å². The topological polar surface area (TPSA) is 104 Å². The fraction of sp³-hybridized carbons (Fsp3) is 0.0769. The van der Waals surface area contributed by atoms with Crippen molar-refractivity contribution in [3.05, 3.63) is 47.5 Å². The summed E-state index contributed by atoms with van der Waals surface area (Å²) in [7, 11) is 0. The van der Waals surface area contributed by atoms with Crippen LogP contribution >= 0.6 is 0 Å². The summed E-state index contributed by atoms with van der Waals surface area (Å²) in [5.74, 6) is 0. The Morgan fingerprint density at radius 1 is 0.824 bits per heavy atom. The molecule has 17 heavy (non-hydrogen) atoms. The van der Waals surface area contributed by atoms with Gasteiger partial charge < -0.3 is 22.9 Å². The van der Waals surface area contributed by atoms with Gasteiger partial charge >= 0.3 is 0 Å². The van der Waals surface area contributed by atoms with Gasteiger partial charge in [0, 0.05) is 23.4 Å². The first-order valence-corrected chi connectivity index (χ1v) is 5.34. The number of nitrogen functional groups attached to an aromatic ring is 4. The van der Waals surface area contributed by atoms with E-state index < -0.39 is 0 Å². The Morgan fingerprint density at radius 3 is 2.24 bits per heavy atom. The lowest BCUT2D eigenvalue weighted by Gasteiger charge is -2.11. The second-order valence-corrected chi connectivity index (χ2v) is 4.06. The van der Waals surface area contributed by atoms with Crippen molar-refractivity contribution in [1.29, 1.82) is 0 Å². The molecule has 0 atom stereocenters. The molecule has 0 aliphatic carbocycles. The molecule has 0 aliphatic heterocycles. The van der Waals surface area contributed by atoms with Crippen LogP contribution in [0.1, 0.15) is 11.1 Å². The Labute approximate surface area is 100 Å². The smallest absolute Gasteiger partial charge is 0.0604 e. The van der Waals surface area contributed by atoms with E-state index >= 15 is 0 Å². The predicted molar refractivity (Wildman–Crippen MR) is 73.3 cm³/mol. The van der Waals surface area contributed by atoms with Crippen molar-refractivity contribution in [2.24, 2.45) is 0 Å². The number of hydrogen-bond donors (Lipinski definition) is 4. The Kier molecular flexibility index (Phi) is 2.78. The fourth-order valence-electron chi connectivity index (χ4n) is 1.80. The summed E-state index contributed by atoms with van der Waals surface area (Å²) in [6.45, 7) is 0. The van der Waals surface area contributed by atoms with Gasteiger partial charge in [0.1, 0.15) is 0 Å². The summed E-state index contributed by atoms with van der Waals surface area (Å²) in [6.07, 6.45) is 0.633. The van der Waals surface area contributed by atoms with Crippen LogP contribution in [0, 0.1) is 0 Å². The number of nitrogens with two attached hydrogens (primary N) is 4. The molecule has 0 saturated heterocycles. The number of anilines is 4. The van der Waals surface area contributed by atoms with Gasteiger partial charge in [-0.15, -0.1) is 0 Å². The van der Waals surface area contributed by atoms with Gasteiger partial charge in [-0.3, -0.25) is 0 Å². The predicted octanol–water partition coefficient (Wildman–Crippen LogP) is 1.61. The summed E-state index contributed by atoms with van der Waals surface area (Å²) in [6, 6.07) is 11.1. The third-order valence-corrected chi connectivity index (χ3v) is 2.76. The zero-order chi connectivity index (χ0) is 12.4. The molecule has 0 aliphatic rings. The van der Waals surface area contributed by atoms with Gasteiger partial charge in [-0.2, -0.15) is 0 Å². The molecule has 0 bridgehead atoms. The number of benzene rings is 2. The van der Waals surface area contributed by atoms with E-state index in [0.717, 1.165) is 16.8 Å². The molecular weight excluding hydrogens is 212 g/mol. The normalized spacial score (nSPS) is 10.4. The molecule has 2 aromatic rings. The van der Waals surface area contributed by atoms with Crippen molar-refractivity contribution in [3.8, 4) is 0 Å². The van der Waals surface area contributed by atoms with E-state index in [1.54, 1.807) is 12.1 Å². The molecule has 4 nitrogen and oxygen atoms in total. The van der Waals surface area contributed by atoms with Gasteiger partial charge in [0.15, 0.2) is 0 Å². The maximum absolute atomic E-state index is 5.93. The Hall–Kier alpha value is -2.36. The monoisotopic (exact) mass is 228 g/mol. The SMILES string of the molecule is Nc1cccc(Cc2c(N)ccc(N)c2N)c1. The Morgan fingerprint density at radius 2 is 1.53 bits per heavy atom. The van der Waals surface area contributed by atoms with Crippen LogP contribution < -0.4 is 22.9 Å². The van der Waals surface area contributed by atoms with Crippen molar-refractivity contribution in [3.63, 3.8) is 0 Å². The molecule has 88 valence electrons. The van der Waals surface area contributed by atoms with E-state index in [2.05, 4.69) is 0 Å². The average Bonchev–Trinajstić information content (AvgIpc) is 2.30. The first-order chi connectivity index (χ1) is 8.08. The van der Waals surface area contributed by atoms with Gasteiger partial charge in [0.05, 0.1) is 11.4 Å². The summed E-state index contributed by atoms with van der Waals surface area (Å²) in [5.41, 5.74) is 27.7. The third kappa shape index (κ3) is 2.25. The molecule has 0 radical (unpaired) electrons. The minimum absolute atomic E-state index is 0.549. The van der Waals surface area contributed by atoms with E-state index in [4.69, 9.17) is 22.9 Å². The summed E-state index contributed by atoms with van der Waals surface area (Å²) in [4.78, 5) is 0. The van der Waals surface area contributed by atoms with Crippen LogP contribution in [0.5, 0.6) is 0 Å². The maximum atomic E-state index is 5.93. The minimum Gasteiger partial charge on any atom is -0.399 e. The first-order valence-electron chi connectivity index (χ1n) is 5.34.